The van der Waals surface area contributed by atoms with Crippen LogP contribution in [0.4, 0.5) is 10.2 Å². The van der Waals surface area contributed by atoms with E-state index >= 15 is 0 Å². The molecular formula is C25H24FN7O. The van der Waals surface area contributed by atoms with Gasteiger partial charge in [0.05, 0.1) is 46.9 Å². The van der Waals surface area contributed by atoms with Crippen LogP contribution in [0.15, 0.2) is 61.1 Å². The second kappa shape index (κ2) is 8.16. The highest BCUT2D eigenvalue weighted by atomic mass is 19.1. The Balaban J connectivity index is 1.30. The van der Waals surface area contributed by atoms with Gasteiger partial charge in [-0.15, -0.1) is 0 Å². The summed E-state index contributed by atoms with van der Waals surface area (Å²) in [6.07, 6.45) is 6.74. The van der Waals surface area contributed by atoms with Crippen molar-refractivity contribution < 1.29 is 9.18 Å². The van der Waals surface area contributed by atoms with Crippen molar-refractivity contribution in [2.45, 2.75) is 31.8 Å². The van der Waals surface area contributed by atoms with Crippen molar-refractivity contribution in [3.63, 3.8) is 0 Å². The number of fused-ring (bicyclic) bond motifs is 3. The average Bonchev–Trinajstić information content (AvgIpc) is 3.36. The maximum absolute atomic E-state index is 14.2. The molecule has 2 bridgehead atoms. The van der Waals surface area contributed by atoms with Crippen LogP contribution in [0.1, 0.15) is 30.1 Å². The number of benzene rings is 2. The topological polar surface area (TPSA) is 88.8 Å². The van der Waals surface area contributed by atoms with Crippen molar-refractivity contribution in [1.82, 2.24) is 29.9 Å². The molecule has 1 saturated carbocycles. The molecule has 4 heterocycles. The molecule has 9 heteroatoms. The summed E-state index contributed by atoms with van der Waals surface area (Å²) in [4.78, 5) is 26.3. The minimum absolute atomic E-state index is 0.0556. The second-order valence-electron chi connectivity index (χ2n) is 9.13. The monoisotopic (exact) mass is 457 g/mol. The average molecular weight is 458 g/mol. The minimum Gasteiger partial charge on any atom is -0.367 e. The number of carbonyl (C=O) groups excluding carboxylic acids is 1. The zero-order valence-corrected chi connectivity index (χ0v) is 18.7. The van der Waals surface area contributed by atoms with Crippen molar-refractivity contribution in [3.05, 3.63) is 72.4 Å². The number of nitrogens with one attached hydrogen (secondary N) is 1. The van der Waals surface area contributed by atoms with Crippen LogP contribution in [-0.4, -0.2) is 54.4 Å². The molecule has 0 spiro atoms. The van der Waals surface area contributed by atoms with Crippen LogP contribution in [0.25, 0.3) is 16.7 Å². The predicted molar refractivity (Wildman–Crippen MR) is 125 cm³/mol. The molecule has 1 amide bonds. The largest absolute Gasteiger partial charge is 0.367 e. The fraction of sp³-hybridized carbons (Fsp3) is 0.320. The number of nitrogens with zero attached hydrogens (tertiary/aromatic N) is 6. The van der Waals surface area contributed by atoms with Gasteiger partial charge in [-0.25, -0.2) is 9.37 Å². The molecule has 8 nitrogen and oxygen atoms in total. The highest BCUT2D eigenvalue weighted by Crippen LogP contribution is 2.47. The van der Waals surface area contributed by atoms with Crippen molar-refractivity contribution in [2.24, 2.45) is 11.8 Å². The molecule has 0 radical (unpaired) electrons. The third-order valence-electron chi connectivity index (χ3n) is 7.25. The summed E-state index contributed by atoms with van der Waals surface area (Å²) in [5, 5.41) is 11.7. The first kappa shape index (κ1) is 20.7. The Labute approximate surface area is 195 Å². The highest BCUT2D eigenvalue weighted by Gasteiger charge is 2.50. The first-order chi connectivity index (χ1) is 16.6. The smallest absolute Gasteiger partial charge is 0.256 e. The maximum atomic E-state index is 14.2. The van der Waals surface area contributed by atoms with Gasteiger partial charge >= 0.3 is 0 Å². The lowest BCUT2D eigenvalue weighted by Gasteiger charge is -2.57. The number of hydrogen-bond acceptors (Lipinski definition) is 6. The van der Waals surface area contributed by atoms with Gasteiger partial charge < -0.3 is 10.2 Å². The molecule has 2 aliphatic heterocycles. The number of halogens is 1. The standard InChI is InChI=1S/C25H24FN7O/c1-15-16-10-18(11-16)32(23(15)13-28-24-14-27-20-4-2-3-5-21(20)31-24)25(34)19-12-17(26)6-7-22(19)33-29-8-9-30-33/h2-9,12,14-16,18,23H,10-11,13H2,1H3,(H,28,31). The minimum atomic E-state index is -0.461. The molecule has 1 aliphatic carbocycles. The summed E-state index contributed by atoms with van der Waals surface area (Å²) in [6.45, 7) is 2.73. The molecule has 172 valence electrons. The van der Waals surface area contributed by atoms with Crippen molar-refractivity contribution in [3.8, 4) is 5.69 Å². The van der Waals surface area contributed by atoms with Gasteiger partial charge in [0.2, 0.25) is 0 Å². The van der Waals surface area contributed by atoms with Gasteiger partial charge in [-0.1, -0.05) is 19.1 Å². The number of piperidine rings is 2. The third kappa shape index (κ3) is 3.48. The summed E-state index contributed by atoms with van der Waals surface area (Å²) in [6, 6.07) is 12.0. The molecule has 34 heavy (non-hydrogen) atoms. The first-order valence-electron chi connectivity index (χ1n) is 11.5. The molecule has 1 N–H and O–H groups in total. The summed E-state index contributed by atoms with van der Waals surface area (Å²) < 4.78 is 14.2. The van der Waals surface area contributed by atoms with E-state index in [1.165, 1.54) is 29.3 Å². The van der Waals surface area contributed by atoms with Gasteiger partial charge in [-0.2, -0.15) is 15.0 Å². The van der Waals surface area contributed by atoms with Crippen LogP contribution in [0.5, 0.6) is 0 Å². The highest BCUT2D eigenvalue weighted by molar-refractivity contribution is 5.98. The van der Waals surface area contributed by atoms with Crippen LogP contribution >= 0.6 is 0 Å². The van der Waals surface area contributed by atoms with E-state index in [0.29, 0.717) is 29.9 Å². The van der Waals surface area contributed by atoms with Crippen molar-refractivity contribution in [2.75, 3.05) is 11.9 Å². The molecule has 7 rings (SSSR count). The number of rotatable bonds is 5. The van der Waals surface area contributed by atoms with E-state index in [4.69, 9.17) is 0 Å². The SMILES string of the molecule is CC1C2CC(C2)N(C(=O)c2cc(F)ccc2-n2nccn2)C1CNc1cnc2ccccc2n1. The summed E-state index contributed by atoms with van der Waals surface area (Å²) in [7, 11) is 0. The van der Waals surface area contributed by atoms with Crippen LogP contribution in [0.2, 0.25) is 0 Å². The van der Waals surface area contributed by atoms with E-state index in [2.05, 4.69) is 32.4 Å². The fourth-order valence-electron chi connectivity index (χ4n) is 5.31. The zero-order valence-electron chi connectivity index (χ0n) is 18.7. The molecule has 4 aromatic rings. The van der Waals surface area contributed by atoms with Gasteiger partial charge in [-0.3, -0.25) is 9.78 Å². The molecule has 2 unspecified atom stereocenters. The van der Waals surface area contributed by atoms with E-state index in [1.54, 1.807) is 12.3 Å². The molecule has 3 fully saturated rings. The van der Waals surface area contributed by atoms with Crippen LogP contribution in [0, 0.1) is 17.7 Å². The number of hydrogen-bond donors (Lipinski definition) is 1. The Hall–Kier alpha value is -3.88. The number of amides is 1. The van der Waals surface area contributed by atoms with Crippen LogP contribution < -0.4 is 5.32 Å². The Bertz CT molecular complexity index is 1350. The lowest BCUT2D eigenvalue weighted by atomic mass is 9.64. The first-order valence-corrected chi connectivity index (χ1v) is 11.5. The Kier molecular flexibility index (Phi) is 4.97. The Morgan fingerprint density at radius 2 is 1.88 bits per heavy atom. The van der Waals surface area contributed by atoms with Crippen molar-refractivity contribution in [1.29, 1.82) is 0 Å². The molecule has 2 aromatic heterocycles. The van der Waals surface area contributed by atoms with E-state index in [0.717, 1.165) is 23.9 Å². The predicted octanol–water partition coefficient (Wildman–Crippen LogP) is 3.70. The molecule has 3 aliphatic rings. The van der Waals surface area contributed by atoms with E-state index < -0.39 is 5.82 Å². The summed E-state index contributed by atoms with van der Waals surface area (Å²) >= 11 is 0. The molecule has 2 saturated heterocycles. The molecule has 2 atom stereocenters. The van der Waals surface area contributed by atoms with Gasteiger partial charge in [-0.05, 0) is 55.0 Å². The normalized spacial score (nSPS) is 23.5. The molecular weight excluding hydrogens is 433 g/mol. The number of aromatic nitrogens is 5. The van der Waals surface area contributed by atoms with Crippen LogP contribution in [-0.2, 0) is 0 Å². The van der Waals surface area contributed by atoms with E-state index in [1.807, 2.05) is 29.2 Å². The third-order valence-corrected chi connectivity index (χ3v) is 7.25. The maximum Gasteiger partial charge on any atom is 0.256 e. The second-order valence-corrected chi connectivity index (χ2v) is 9.13. The zero-order chi connectivity index (χ0) is 23.2. The Morgan fingerprint density at radius 1 is 1.12 bits per heavy atom. The van der Waals surface area contributed by atoms with Gasteiger partial charge in [0, 0.05) is 12.6 Å². The number of anilines is 1. The fourth-order valence-corrected chi connectivity index (χ4v) is 5.31. The number of carbonyl (C=O) groups is 1. The summed E-state index contributed by atoms with van der Waals surface area (Å²) in [5.74, 6) is 0.901. The molecule has 2 aromatic carbocycles. The Morgan fingerprint density at radius 3 is 2.68 bits per heavy atom. The number of para-hydroxylation sites is 2. The lowest BCUT2D eigenvalue weighted by Crippen LogP contribution is -2.64. The quantitative estimate of drug-likeness (QED) is 0.492. The van der Waals surface area contributed by atoms with Gasteiger partial charge in [0.25, 0.3) is 5.91 Å². The summed E-state index contributed by atoms with van der Waals surface area (Å²) in [5.41, 5.74) is 2.39. The van der Waals surface area contributed by atoms with Gasteiger partial charge in [0.15, 0.2) is 0 Å². The van der Waals surface area contributed by atoms with E-state index in [9.17, 15) is 9.18 Å². The van der Waals surface area contributed by atoms with Crippen LogP contribution in [0.3, 0.4) is 0 Å². The lowest BCUT2D eigenvalue weighted by molar-refractivity contribution is -0.0502. The van der Waals surface area contributed by atoms with Crippen molar-refractivity contribution >= 4 is 22.8 Å². The van der Waals surface area contributed by atoms with Gasteiger partial charge in [0.1, 0.15) is 11.6 Å². The van der Waals surface area contributed by atoms with E-state index in [-0.39, 0.29) is 23.6 Å².